The molecular weight excluding hydrogens is 980 g/mol. The number of amides is 5. The Balaban J connectivity index is 1.06. The van der Waals surface area contributed by atoms with Crippen LogP contribution in [-0.4, -0.2) is 152 Å². The summed E-state index contributed by atoms with van der Waals surface area (Å²) in [6, 6.07) is 12.7. The molecule has 4 saturated heterocycles. The fourth-order valence-corrected chi connectivity index (χ4v) is 11.9. The molecule has 17 nitrogen and oxygen atoms in total. The third-order valence-corrected chi connectivity index (χ3v) is 15.9. The minimum Gasteiger partial charge on any atom is -0.464 e. The van der Waals surface area contributed by atoms with Crippen molar-refractivity contribution in [3.8, 4) is 22.5 Å². The second kappa shape index (κ2) is 20.1. The Labute approximate surface area is 431 Å². The number of benzene rings is 1. The highest BCUT2D eigenvalue weighted by molar-refractivity contribution is 8.09. The van der Waals surface area contributed by atoms with Crippen LogP contribution in [-0.2, 0) is 52.8 Å². The highest BCUT2D eigenvalue weighted by Crippen LogP contribution is 2.55. The highest BCUT2D eigenvalue weighted by atomic mass is 32.2. The quantitative estimate of drug-likeness (QED) is 0.110. The number of rotatable bonds is 8. The van der Waals surface area contributed by atoms with Gasteiger partial charge in [0.25, 0.3) is 11.8 Å². The maximum atomic E-state index is 15.0. The van der Waals surface area contributed by atoms with Gasteiger partial charge in [-0.1, -0.05) is 32.6 Å². The lowest BCUT2D eigenvalue weighted by molar-refractivity contribution is -0.177. The summed E-state index contributed by atoms with van der Waals surface area (Å²) in [6.07, 6.45) is -1.27. The van der Waals surface area contributed by atoms with E-state index in [1.54, 1.807) is 79.2 Å². The number of likely N-dealkylation sites (tertiary alicyclic amines) is 1. The van der Waals surface area contributed by atoms with Crippen LogP contribution in [0.5, 0.6) is 0 Å². The van der Waals surface area contributed by atoms with Crippen LogP contribution in [0.1, 0.15) is 70.5 Å². The molecule has 394 valence electrons. The molecular formula is C53H62F3N9O8S. The van der Waals surface area contributed by atoms with Crippen LogP contribution in [0, 0.1) is 5.41 Å². The number of morpholine rings is 1. The van der Waals surface area contributed by atoms with E-state index in [2.05, 4.69) is 22.3 Å². The van der Waals surface area contributed by atoms with Crippen molar-refractivity contribution in [1.29, 1.82) is 0 Å². The molecule has 21 heteroatoms. The van der Waals surface area contributed by atoms with Crippen LogP contribution in [0.15, 0.2) is 78.7 Å². The molecule has 9 rings (SSSR count). The lowest BCUT2D eigenvalue weighted by atomic mass is 9.84. The number of carbonyl (C=O) groups is 5. The molecule has 0 radical (unpaired) electrons. The first-order valence-electron chi connectivity index (χ1n) is 24.7. The zero-order chi connectivity index (χ0) is 53.1. The third-order valence-electron chi connectivity index (χ3n) is 14.5. The highest BCUT2D eigenvalue weighted by Gasteiger charge is 2.64. The summed E-state index contributed by atoms with van der Waals surface area (Å²) in [7, 11) is 3.03. The monoisotopic (exact) mass is 1040 g/mol. The van der Waals surface area contributed by atoms with Gasteiger partial charge in [-0.2, -0.15) is 13.2 Å². The SMILES string of the molecule is C=CC(=O)N1CCOC2(C1)CN(C(=O)N(C)C(C(=O)NC1SC13Cc1cccc(n1)-c1ccc4c(c1)c(c(-c1cccnc1[C@H](C)OC)n4CC(F)(F)F)CC(C)(C)COC(=O)[C@@H]1CCCN(N1)C3=O)=C(C)C)C2. The zero-order valence-corrected chi connectivity index (χ0v) is 43.5. The van der Waals surface area contributed by atoms with Crippen molar-refractivity contribution < 1.29 is 51.4 Å². The van der Waals surface area contributed by atoms with Crippen LogP contribution in [0.4, 0.5) is 18.0 Å². The first kappa shape index (κ1) is 52.6. The van der Waals surface area contributed by atoms with Gasteiger partial charge in [-0.25, -0.2) is 10.2 Å². The van der Waals surface area contributed by atoms with Crippen LogP contribution in [0.3, 0.4) is 0 Å². The van der Waals surface area contributed by atoms with Crippen LogP contribution in [0.2, 0.25) is 0 Å². The lowest BCUT2D eigenvalue weighted by Gasteiger charge is -2.54. The molecule has 2 N–H and O–H groups in total. The van der Waals surface area contributed by atoms with E-state index in [1.165, 1.54) is 46.5 Å². The van der Waals surface area contributed by atoms with E-state index in [4.69, 9.17) is 19.2 Å². The van der Waals surface area contributed by atoms with Crippen molar-refractivity contribution >= 4 is 52.4 Å². The number of cyclic esters (lactones) is 1. The minimum absolute atomic E-state index is 0.0397. The number of esters is 1. The standard InChI is InChI=1S/C53H62F3N9O8S/c1-9-41(66)62-21-22-73-51(26-62)27-63(28-51)49(70)61(7)43(31(2)3)45(67)59-47-52(74-47)24-34-13-10-15-38(58-34)33-17-18-40-36(23-33)37(25-50(5,6)30-72-46(68)39-16-12-20-65(60-39)48(52)69)44(64(40)29-53(54,55)56)35-14-11-19-57-42(35)32(4)71-8/h9-11,13-15,17-19,23,32,39,47,60H,1,12,16,20-22,24-30H2,2-8H3,(H,59,67)/t32-,39-,47?,52?/m0/s1. The fraction of sp³-hybridized carbons (Fsp3) is 0.491. The van der Waals surface area contributed by atoms with E-state index < -0.39 is 63.9 Å². The number of fused-ring (bicyclic) bond motifs is 6. The van der Waals surface area contributed by atoms with Gasteiger partial charge in [0.15, 0.2) is 0 Å². The van der Waals surface area contributed by atoms with Gasteiger partial charge in [0.2, 0.25) is 5.91 Å². The fourth-order valence-electron chi connectivity index (χ4n) is 10.7. The van der Waals surface area contributed by atoms with E-state index in [1.807, 2.05) is 19.9 Å². The number of urea groups is 1. The molecule has 6 bridgehead atoms. The van der Waals surface area contributed by atoms with Crippen molar-refractivity contribution in [2.24, 2.45) is 5.41 Å². The summed E-state index contributed by atoms with van der Waals surface area (Å²) in [5.74, 6) is -1.77. The van der Waals surface area contributed by atoms with Gasteiger partial charge >= 0.3 is 18.2 Å². The van der Waals surface area contributed by atoms with Crippen LogP contribution >= 0.6 is 11.8 Å². The summed E-state index contributed by atoms with van der Waals surface area (Å²) in [4.78, 5) is 84.0. The molecule has 2 spiro atoms. The number of thioether (sulfide) groups is 1. The van der Waals surface area contributed by atoms with Gasteiger partial charge in [-0.3, -0.25) is 39.1 Å². The number of ether oxygens (including phenoxy) is 3. The molecule has 4 aromatic rings. The first-order chi connectivity index (χ1) is 35.1. The second-order valence-corrected chi connectivity index (χ2v) is 22.3. The maximum absolute atomic E-state index is 15.0. The molecule has 0 aliphatic carbocycles. The largest absolute Gasteiger partial charge is 0.464 e. The number of methoxy groups -OCH3 is 1. The predicted octanol–water partition coefficient (Wildman–Crippen LogP) is 6.57. The lowest BCUT2D eigenvalue weighted by Crippen LogP contribution is -2.72. The number of allylic oxidation sites excluding steroid dienone is 1. The van der Waals surface area contributed by atoms with Crippen molar-refractivity contribution in [3.63, 3.8) is 0 Å². The van der Waals surface area contributed by atoms with E-state index in [0.29, 0.717) is 88.5 Å². The number of nitrogens with zero attached hydrogens (tertiary/aromatic N) is 7. The smallest absolute Gasteiger partial charge is 0.406 e. The number of likely N-dealkylation sites (N-methyl/N-ethyl adjacent to an activating group) is 1. The molecule has 1 aromatic carbocycles. The summed E-state index contributed by atoms with van der Waals surface area (Å²) in [5, 5.41) is 4.21. The van der Waals surface area contributed by atoms with Gasteiger partial charge in [0, 0.05) is 73.0 Å². The predicted molar refractivity (Wildman–Crippen MR) is 271 cm³/mol. The Hall–Kier alpha value is -6.29. The Morgan fingerprint density at radius 1 is 1.07 bits per heavy atom. The Morgan fingerprint density at radius 2 is 1.82 bits per heavy atom. The van der Waals surface area contributed by atoms with Gasteiger partial charge in [-0.15, -0.1) is 11.8 Å². The van der Waals surface area contributed by atoms with Crippen LogP contribution < -0.4 is 10.7 Å². The van der Waals surface area contributed by atoms with Crippen LogP contribution in [0.25, 0.3) is 33.4 Å². The van der Waals surface area contributed by atoms with E-state index in [0.717, 1.165) is 0 Å². The average Bonchev–Trinajstić information content (AvgIpc) is 3.97. The molecule has 3 aromatic heterocycles. The number of hydrazine groups is 1. The third kappa shape index (κ3) is 10.3. The molecule has 2 unspecified atom stereocenters. The number of aromatic nitrogens is 3. The second-order valence-electron chi connectivity index (χ2n) is 20.9. The first-order valence-corrected chi connectivity index (χ1v) is 25.6. The number of hydrogen-bond donors (Lipinski definition) is 2. The number of pyridine rings is 2. The van der Waals surface area contributed by atoms with Gasteiger partial charge in [0.1, 0.15) is 34.0 Å². The van der Waals surface area contributed by atoms with Crippen molar-refractivity contribution in [1.82, 2.24) is 45.0 Å². The molecule has 5 amide bonds. The Morgan fingerprint density at radius 3 is 2.54 bits per heavy atom. The zero-order valence-electron chi connectivity index (χ0n) is 42.6. The summed E-state index contributed by atoms with van der Waals surface area (Å²) in [5.41, 5.74) is 6.04. The van der Waals surface area contributed by atoms with E-state index >= 15 is 4.79 Å². The van der Waals surface area contributed by atoms with Gasteiger partial charge in [-0.05, 0) is 93.6 Å². The number of hydrogen-bond acceptors (Lipinski definition) is 12. The molecule has 8 heterocycles. The van der Waals surface area contributed by atoms with Crippen molar-refractivity contribution in [2.45, 2.75) is 101 Å². The minimum atomic E-state index is -4.60. The topological polar surface area (TPSA) is 181 Å². The molecule has 5 aliphatic heterocycles. The van der Waals surface area contributed by atoms with E-state index in [-0.39, 0.29) is 56.6 Å². The number of nitrogens with one attached hydrogen (secondary N) is 2. The van der Waals surface area contributed by atoms with Crippen molar-refractivity contribution in [3.05, 3.63) is 95.6 Å². The Kier molecular flexibility index (Phi) is 14.3. The molecule has 4 fully saturated rings. The number of carbonyl (C=O) groups excluding carboxylic acids is 5. The number of halogens is 3. The Bertz CT molecular complexity index is 2950. The summed E-state index contributed by atoms with van der Waals surface area (Å²) in [6.45, 7) is 12.9. The number of alkyl halides is 3. The molecule has 0 saturated carbocycles. The molecule has 4 atom stereocenters. The molecule has 5 aliphatic rings. The van der Waals surface area contributed by atoms with Gasteiger partial charge in [0.05, 0.1) is 56.0 Å². The van der Waals surface area contributed by atoms with Gasteiger partial charge < -0.3 is 33.9 Å². The molecule has 74 heavy (non-hydrogen) atoms. The average molecular weight is 1040 g/mol. The van der Waals surface area contributed by atoms with E-state index in [9.17, 15) is 32.3 Å². The maximum Gasteiger partial charge on any atom is 0.406 e. The normalized spacial score (nSPS) is 22.9. The van der Waals surface area contributed by atoms with Crippen molar-refractivity contribution in [2.75, 3.05) is 60.1 Å². The summed E-state index contributed by atoms with van der Waals surface area (Å²) < 4.78 is 61.9. The summed E-state index contributed by atoms with van der Waals surface area (Å²) >= 11 is 1.22.